The van der Waals surface area contributed by atoms with Gasteiger partial charge >= 0.3 is 5.97 Å². The van der Waals surface area contributed by atoms with Crippen molar-refractivity contribution in [3.8, 4) is 0 Å². The Morgan fingerprint density at radius 3 is 2.87 bits per heavy atom. The van der Waals surface area contributed by atoms with Gasteiger partial charge in [-0.05, 0) is 37.5 Å². The van der Waals surface area contributed by atoms with E-state index in [4.69, 9.17) is 5.11 Å². The van der Waals surface area contributed by atoms with Gasteiger partial charge in [-0.3, -0.25) is 0 Å². The van der Waals surface area contributed by atoms with Crippen LogP contribution in [0.4, 0.5) is 0 Å². The second-order valence-electron chi connectivity index (χ2n) is 5.61. The Labute approximate surface area is 90.5 Å². The molecule has 2 saturated carbocycles. The van der Waals surface area contributed by atoms with E-state index in [1.807, 2.05) is 0 Å². The molecule has 15 heavy (non-hydrogen) atoms. The van der Waals surface area contributed by atoms with E-state index >= 15 is 0 Å². The fourth-order valence-electron chi connectivity index (χ4n) is 3.88. The lowest BCUT2D eigenvalue weighted by atomic mass is 9.57. The average molecular weight is 212 g/mol. The molecule has 0 aromatic rings. The first-order chi connectivity index (χ1) is 7.03. The molecule has 4 atom stereocenters. The van der Waals surface area contributed by atoms with Crippen molar-refractivity contribution in [1.82, 2.24) is 0 Å². The zero-order valence-corrected chi connectivity index (χ0v) is 9.28. The second-order valence-corrected chi connectivity index (χ2v) is 5.61. The van der Waals surface area contributed by atoms with Gasteiger partial charge in [-0.2, -0.15) is 0 Å². The highest BCUT2D eigenvalue weighted by Crippen LogP contribution is 2.52. The van der Waals surface area contributed by atoms with Crippen LogP contribution in [0.5, 0.6) is 0 Å². The molecule has 2 aliphatic rings. The molecule has 2 aliphatic carbocycles. The number of hydrogen-bond acceptors (Lipinski definition) is 2. The third-order valence-corrected chi connectivity index (χ3v) is 4.29. The van der Waals surface area contributed by atoms with Gasteiger partial charge < -0.3 is 10.2 Å². The van der Waals surface area contributed by atoms with E-state index < -0.39 is 12.1 Å². The lowest BCUT2D eigenvalue weighted by Crippen LogP contribution is -2.48. The number of hydrogen-bond donors (Lipinski definition) is 2. The zero-order valence-electron chi connectivity index (χ0n) is 9.28. The third-order valence-electron chi connectivity index (χ3n) is 4.29. The predicted molar refractivity (Wildman–Crippen MR) is 56.4 cm³/mol. The molecule has 0 aliphatic heterocycles. The molecule has 0 heterocycles. The summed E-state index contributed by atoms with van der Waals surface area (Å²) < 4.78 is 0. The third kappa shape index (κ3) is 1.89. The summed E-state index contributed by atoms with van der Waals surface area (Å²) in [4.78, 5) is 11.0. The lowest BCUT2D eigenvalue weighted by Gasteiger charge is -2.49. The average Bonchev–Trinajstić information content (AvgIpc) is 2.15. The minimum atomic E-state index is -1.15. The molecule has 3 nitrogen and oxygen atoms in total. The van der Waals surface area contributed by atoms with Gasteiger partial charge in [0, 0.05) is 5.41 Å². The van der Waals surface area contributed by atoms with E-state index in [9.17, 15) is 9.90 Å². The predicted octanol–water partition coefficient (Wildman–Crippen LogP) is 2.04. The first kappa shape index (κ1) is 10.9. The standard InChI is InChI=1S/C12H20O3/c1-8-5-9-3-2-4-12(6-8,7-9)10(13)11(14)15/h8-10,13H,2-7H2,1H3,(H,14,15). The maximum Gasteiger partial charge on any atom is 0.333 e. The first-order valence-electron chi connectivity index (χ1n) is 5.94. The minimum absolute atomic E-state index is 0.313. The molecule has 0 saturated heterocycles. The van der Waals surface area contributed by atoms with Crippen LogP contribution in [0.3, 0.4) is 0 Å². The van der Waals surface area contributed by atoms with Crippen molar-refractivity contribution in [2.24, 2.45) is 17.3 Å². The number of carbonyl (C=O) groups is 1. The molecule has 0 aromatic carbocycles. The van der Waals surface area contributed by atoms with Crippen molar-refractivity contribution in [3.05, 3.63) is 0 Å². The number of fused-ring (bicyclic) bond motifs is 2. The van der Waals surface area contributed by atoms with Crippen LogP contribution in [-0.2, 0) is 4.79 Å². The Morgan fingerprint density at radius 1 is 1.47 bits per heavy atom. The van der Waals surface area contributed by atoms with Crippen LogP contribution < -0.4 is 0 Å². The molecule has 2 fully saturated rings. The Morgan fingerprint density at radius 2 is 2.20 bits per heavy atom. The van der Waals surface area contributed by atoms with Crippen LogP contribution in [0.25, 0.3) is 0 Å². The van der Waals surface area contributed by atoms with Gasteiger partial charge in [-0.25, -0.2) is 4.79 Å². The smallest absolute Gasteiger partial charge is 0.333 e. The Bertz CT molecular complexity index is 260. The number of aliphatic hydroxyl groups is 1. The van der Waals surface area contributed by atoms with Gasteiger partial charge in [-0.15, -0.1) is 0 Å². The van der Waals surface area contributed by atoms with Crippen molar-refractivity contribution in [2.45, 2.75) is 51.6 Å². The van der Waals surface area contributed by atoms with Gasteiger partial charge in [0.05, 0.1) is 0 Å². The van der Waals surface area contributed by atoms with Gasteiger partial charge in [0.1, 0.15) is 0 Å². The number of carboxylic acids is 1. The number of aliphatic hydroxyl groups excluding tert-OH is 1. The van der Waals surface area contributed by atoms with Gasteiger partial charge in [0.2, 0.25) is 0 Å². The van der Waals surface area contributed by atoms with E-state index in [0.29, 0.717) is 11.8 Å². The minimum Gasteiger partial charge on any atom is -0.479 e. The number of aliphatic carboxylic acids is 1. The molecule has 4 unspecified atom stereocenters. The summed E-state index contributed by atoms with van der Waals surface area (Å²) in [5.41, 5.74) is -0.313. The van der Waals surface area contributed by atoms with E-state index in [-0.39, 0.29) is 5.41 Å². The largest absolute Gasteiger partial charge is 0.479 e. The van der Waals surface area contributed by atoms with Crippen LogP contribution in [0.15, 0.2) is 0 Å². The summed E-state index contributed by atoms with van der Waals surface area (Å²) >= 11 is 0. The first-order valence-corrected chi connectivity index (χ1v) is 5.94. The van der Waals surface area contributed by atoms with Crippen LogP contribution in [-0.4, -0.2) is 22.3 Å². The summed E-state index contributed by atoms with van der Waals surface area (Å²) in [6, 6.07) is 0. The molecular formula is C12H20O3. The molecule has 2 N–H and O–H groups in total. The van der Waals surface area contributed by atoms with E-state index in [1.165, 1.54) is 12.8 Å². The van der Waals surface area contributed by atoms with Crippen LogP contribution >= 0.6 is 0 Å². The zero-order chi connectivity index (χ0) is 11.1. The molecule has 0 spiro atoms. The van der Waals surface area contributed by atoms with Crippen molar-refractivity contribution in [1.29, 1.82) is 0 Å². The van der Waals surface area contributed by atoms with Crippen molar-refractivity contribution in [3.63, 3.8) is 0 Å². The Balaban J connectivity index is 2.20. The van der Waals surface area contributed by atoms with Gasteiger partial charge in [-0.1, -0.05) is 19.8 Å². The molecular weight excluding hydrogens is 192 g/mol. The molecule has 86 valence electrons. The Hall–Kier alpha value is -0.570. The van der Waals surface area contributed by atoms with Crippen LogP contribution in [0, 0.1) is 17.3 Å². The van der Waals surface area contributed by atoms with E-state index in [0.717, 1.165) is 25.7 Å². The maximum absolute atomic E-state index is 11.0. The van der Waals surface area contributed by atoms with Crippen LogP contribution in [0.1, 0.15) is 45.4 Å². The fourth-order valence-corrected chi connectivity index (χ4v) is 3.88. The van der Waals surface area contributed by atoms with Crippen molar-refractivity contribution < 1.29 is 15.0 Å². The fraction of sp³-hybridized carbons (Fsp3) is 0.917. The van der Waals surface area contributed by atoms with Gasteiger partial charge in [0.25, 0.3) is 0 Å². The molecule has 0 amide bonds. The highest BCUT2D eigenvalue weighted by molar-refractivity contribution is 5.73. The Kier molecular flexibility index (Phi) is 2.75. The second kappa shape index (κ2) is 3.78. The molecule has 3 heteroatoms. The summed E-state index contributed by atoms with van der Waals surface area (Å²) in [5, 5.41) is 18.8. The summed E-state index contributed by atoms with van der Waals surface area (Å²) in [7, 11) is 0. The molecule has 0 aromatic heterocycles. The molecule has 2 bridgehead atoms. The molecule has 2 rings (SSSR count). The molecule has 0 radical (unpaired) electrons. The lowest BCUT2D eigenvalue weighted by molar-refractivity contribution is -0.161. The van der Waals surface area contributed by atoms with E-state index in [2.05, 4.69) is 6.92 Å². The number of rotatable bonds is 2. The summed E-state index contributed by atoms with van der Waals surface area (Å²) in [6.07, 6.45) is 5.07. The highest BCUT2D eigenvalue weighted by atomic mass is 16.4. The van der Waals surface area contributed by atoms with Crippen molar-refractivity contribution in [2.75, 3.05) is 0 Å². The normalized spacial score (nSPS) is 42.3. The summed E-state index contributed by atoms with van der Waals surface area (Å²) in [5.74, 6) is 0.180. The van der Waals surface area contributed by atoms with E-state index in [1.54, 1.807) is 0 Å². The topological polar surface area (TPSA) is 57.5 Å². The summed E-state index contributed by atoms with van der Waals surface area (Å²) in [6.45, 7) is 2.18. The van der Waals surface area contributed by atoms with Gasteiger partial charge in [0.15, 0.2) is 6.10 Å². The SMILES string of the molecule is CC1CC2CCCC(C(O)C(=O)O)(C1)C2. The quantitative estimate of drug-likeness (QED) is 0.736. The highest BCUT2D eigenvalue weighted by Gasteiger charge is 2.48. The van der Waals surface area contributed by atoms with Crippen LogP contribution in [0.2, 0.25) is 0 Å². The van der Waals surface area contributed by atoms with Crippen molar-refractivity contribution >= 4 is 5.97 Å². The maximum atomic E-state index is 11.0. The number of carboxylic acid groups (broad SMARTS) is 1. The monoisotopic (exact) mass is 212 g/mol.